The fourth-order valence-corrected chi connectivity index (χ4v) is 2.27. The molecule has 0 bridgehead atoms. The average Bonchev–Trinajstić information content (AvgIpc) is 2.73. The van der Waals surface area contributed by atoms with E-state index in [2.05, 4.69) is 26.0 Å². The van der Waals surface area contributed by atoms with E-state index in [1.54, 1.807) is 24.4 Å². The van der Waals surface area contributed by atoms with Crippen LogP contribution in [0.5, 0.6) is 0 Å². The van der Waals surface area contributed by atoms with Gasteiger partial charge in [-0.3, -0.25) is 0 Å². The normalized spacial score (nSPS) is 11.8. The van der Waals surface area contributed by atoms with Gasteiger partial charge in [-0.1, -0.05) is 62.3 Å². The molecular formula is C10H6BrCl4N3. The summed E-state index contributed by atoms with van der Waals surface area (Å²) in [6, 6.07) is 5.10. The molecule has 0 amide bonds. The van der Waals surface area contributed by atoms with Crippen LogP contribution in [0, 0.1) is 0 Å². The van der Waals surface area contributed by atoms with Gasteiger partial charge in [0.1, 0.15) is 0 Å². The monoisotopic (exact) mass is 387 g/mol. The van der Waals surface area contributed by atoms with Gasteiger partial charge in [-0.25, -0.2) is 9.67 Å². The van der Waals surface area contributed by atoms with Crippen molar-refractivity contribution in [1.82, 2.24) is 14.8 Å². The molecule has 0 N–H and O–H groups in total. The van der Waals surface area contributed by atoms with Crippen LogP contribution in [0.4, 0.5) is 0 Å². The summed E-state index contributed by atoms with van der Waals surface area (Å²) in [5.74, 6) is 0.424. The molecule has 0 unspecified atom stereocenters. The summed E-state index contributed by atoms with van der Waals surface area (Å²) < 4.78 is -0.166. The number of pyridine rings is 1. The molecule has 8 heteroatoms. The lowest BCUT2D eigenvalue weighted by Crippen LogP contribution is -2.11. The van der Waals surface area contributed by atoms with Crippen molar-refractivity contribution in [2.75, 3.05) is 0 Å². The van der Waals surface area contributed by atoms with Crippen LogP contribution in [0.15, 0.2) is 24.4 Å². The Balaban J connectivity index is 2.64. The third-order valence-corrected chi connectivity index (χ3v) is 3.58. The summed E-state index contributed by atoms with van der Waals surface area (Å²) in [5, 5.41) is 5.26. The van der Waals surface area contributed by atoms with Gasteiger partial charge < -0.3 is 0 Å². The van der Waals surface area contributed by atoms with Crippen LogP contribution in [0.1, 0.15) is 11.4 Å². The number of aromatic nitrogens is 3. The van der Waals surface area contributed by atoms with Crippen molar-refractivity contribution >= 4 is 62.3 Å². The smallest absolute Gasteiger partial charge is 0.232 e. The first kappa shape index (κ1) is 14.4. The van der Waals surface area contributed by atoms with Crippen LogP contribution in [-0.2, 0) is 9.12 Å². The molecule has 0 radical (unpaired) electrons. The highest BCUT2D eigenvalue weighted by Crippen LogP contribution is 2.40. The van der Waals surface area contributed by atoms with Gasteiger partial charge in [-0.05, 0) is 18.2 Å². The van der Waals surface area contributed by atoms with Crippen LogP contribution < -0.4 is 0 Å². The zero-order valence-electron chi connectivity index (χ0n) is 8.75. The maximum Gasteiger partial charge on any atom is 0.232 e. The van der Waals surface area contributed by atoms with E-state index in [1.807, 2.05) is 0 Å². The molecular weight excluding hydrogens is 384 g/mol. The van der Waals surface area contributed by atoms with Crippen LogP contribution in [-0.4, -0.2) is 14.8 Å². The highest BCUT2D eigenvalue weighted by Gasteiger charge is 2.30. The number of hydrogen-bond acceptors (Lipinski definition) is 2. The number of halogens is 5. The summed E-state index contributed by atoms with van der Waals surface area (Å²) in [6.45, 7) is 0. The number of alkyl halides is 4. The Bertz CT molecular complexity index is 564. The minimum atomic E-state index is -1.60. The molecule has 0 saturated heterocycles. The van der Waals surface area contributed by atoms with Crippen molar-refractivity contribution in [2.45, 2.75) is 9.12 Å². The predicted molar refractivity (Wildman–Crippen MR) is 78.2 cm³/mol. The molecule has 96 valence electrons. The Hall–Kier alpha value is 0.000000000000000111. The van der Waals surface area contributed by atoms with E-state index in [9.17, 15) is 0 Å². The van der Waals surface area contributed by atoms with Gasteiger partial charge in [0, 0.05) is 11.5 Å². The lowest BCUT2D eigenvalue weighted by atomic mass is 10.4. The van der Waals surface area contributed by atoms with E-state index in [0.717, 1.165) is 5.69 Å². The lowest BCUT2D eigenvalue weighted by molar-refractivity contribution is 0.786. The summed E-state index contributed by atoms with van der Waals surface area (Å²) >= 11 is 27.1. The lowest BCUT2D eigenvalue weighted by Gasteiger charge is -2.13. The number of hydrogen-bond donors (Lipinski definition) is 0. The minimum absolute atomic E-state index is 0.391. The van der Waals surface area contributed by atoms with Crippen LogP contribution in [0.2, 0.25) is 5.02 Å². The third-order valence-electron chi connectivity index (χ3n) is 2.13. The van der Waals surface area contributed by atoms with Crippen LogP contribution >= 0.6 is 62.3 Å². The highest BCUT2D eigenvalue weighted by molar-refractivity contribution is 9.08. The Morgan fingerprint density at radius 2 is 2.06 bits per heavy atom. The molecule has 0 aromatic carbocycles. The van der Waals surface area contributed by atoms with E-state index in [1.165, 1.54) is 4.68 Å². The van der Waals surface area contributed by atoms with E-state index in [0.29, 0.717) is 21.9 Å². The largest absolute Gasteiger partial charge is 0.236 e. The second-order valence-corrected chi connectivity index (χ2v) is 6.62. The number of nitrogens with zero attached hydrogens (tertiary/aromatic N) is 3. The minimum Gasteiger partial charge on any atom is -0.236 e. The maximum atomic E-state index is 6.07. The zero-order chi connectivity index (χ0) is 13.3. The van der Waals surface area contributed by atoms with Crippen molar-refractivity contribution < 1.29 is 0 Å². The van der Waals surface area contributed by atoms with Gasteiger partial charge in [0.05, 0.1) is 16.4 Å². The summed E-state index contributed by atoms with van der Waals surface area (Å²) in [7, 11) is 0. The molecule has 2 rings (SSSR count). The van der Waals surface area contributed by atoms with Gasteiger partial charge in [0.25, 0.3) is 0 Å². The van der Waals surface area contributed by atoms with Crippen LogP contribution in [0.3, 0.4) is 0 Å². The second kappa shape index (κ2) is 5.55. The van der Waals surface area contributed by atoms with E-state index in [-0.39, 0.29) is 0 Å². The van der Waals surface area contributed by atoms with Crippen molar-refractivity contribution in [3.63, 3.8) is 0 Å². The summed E-state index contributed by atoms with van der Waals surface area (Å²) in [6.07, 6.45) is 1.60. The van der Waals surface area contributed by atoms with Gasteiger partial charge >= 0.3 is 0 Å². The molecule has 3 nitrogen and oxygen atoms in total. The third kappa shape index (κ3) is 2.94. The molecule has 2 aromatic rings. The van der Waals surface area contributed by atoms with Crippen LogP contribution in [0.25, 0.3) is 5.82 Å². The van der Waals surface area contributed by atoms with Gasteiger partial charge in [0.15, 0.2) is 5.82 Å². The molecule has 2 aromatic heterocycles. The highest BCUT2D eigenvalue weighted by atomic mass is 79.9. The molecule has 0 aliphatic carbocycles. The quantitative estimate of drug-likeness (QED) is 0.700. The first-order valence-corrected chi connectivity index (χ1v) is 7.40. The zero-order valence-corrected chi connectivity index (χ0v) is 13.4. The summed E-state index contributed by atoms with van der Waals surface area (Å²) in [4.78, 5) is 4.15. The molecule has 2 heterocycles. The molecule has 0 aliphatic heterocycles. The van der Waals surface area contributed by atoms with E-state index >= 15 is 0 Å². The SMILES string of the molecule is Clc1cccnc1-n1nc(CBr)cc1C(Cl)(Cl)Cl. The molecule has 0 atom stereocenters. The Morgan fingerprint density at radius 1 is 1.33 bits per heavy atom. The average molecular weight is 390 g/mol. The Kier molecular flexibility index (Phi) is 4.44. The fraction of sp³-hybridized carbons (Fsp3) is 0.200. The maximum absolute atomic E-state index is 6.07. The molecule has 0 fully saturated rings. The van der Waals surface area contributed by atoms with E-state index in [4.69, 9.17) is 46.4 Å². The van der Waals surface area contributed by atoms with Gasteiger partial charge in [-0.2, -0.15) is 5.10 Å². The van der Waals surface area contributed by atoms with Crippen molar-refractivity contribution in [2.24, 2.45) is 0 Å². The molecule has 0 saturated carbocycles. The van der Waals surface area contributed by atoms with Gasteiger partial charge in [-0.15, -0.1) is 0 Å². The fourth-order valence-electron chi connectivity index (χ4n) is 1.39. The van der Waals surface area contributed by atoms with Crippen molar-refractivity contribution in [3.05, 3.63) is 40.8 Å². The molecule has 18 heavy (non-hydrogen) atoms. The second-order valence-electron chi connectivity index (χ2n) is 3.37. The topological polar surface area (TPSA) is 30.7 Å². The Morgan fingerprint density at radius 3 is 2.61 bits per heavy atom. The summed E-state index contributed by atoms with van der Waals surface area (Å²) in [5.41, 5.74) is 1.11. The van der Waals surface area contributed by atoms with Crippen molar-refractivity contribution in [1.29, 1.82) is 0 Å². The first-order chi connectivity index (χ1) is 8.43. The standard InChI is InChI=1S/C10H6BrCl4N3/c11-5-6-4-8(10(13,14)15)18(17-6)9-7(12)2-1-3-16-9/h1-4H,5H2. The van der Waals surface area contributed by atoms with E-state index < -0.39 is 3.79 Å². The molecule has 0 aliphatic rings. The molecule has 0 spiro atoms. The Labute approximate surface area is 132 Å². The van der Waals surface area contributed by atoms with Gasteiger partial charge in [0.2, 0.25) is 3.79 Å². The first-order valence-electron chi connectivity index (χ1n) is 4.76. The number of rotatable bonds is 2. The van der Waals surface area contributed by atoms with Crippen molar-refractivity contribution in [3.8, 4) is 5.82 Å². The predicted octanol–water partition coefficient (Wildman–Crippen LogP) is 4.64.